The molecule has 0 aliphatic heterocycles. The molecule has 0 aromatic carbocycles. The van der Waals surface area contributed by atoms with Crippen LogP contribution in [0.4, 0.5) is 0 Å². The van der Waals surface area contributed by atoms with Gasteiger partial charge in [0.05, 0.1) is 11.4 Å². The summed E-state index contributed by atoms with van der Waals surface area (Å²) < 4.78 is 5.07. The standard InChI is InChI=1S/C16H23NO4S/c1-16(2,3)21-15(20)11(18)9-17-14(19)13-8-10-6-4-5-7-12(10)22-13/h8,11,18H,4-7,9H2,1-3H3,(H,17,19). The topological polar surface area (TPSA) is 75.6 Å². The van der Waals surface area contributed by atoms with Crippen molar-refractivity contribution in [1.82, 2.24) is 5.32 Å². The highest BCUT2D eigenvalue weighted by atomic mass is 32.1. The fourth-order valence-corrected chi connectivity index (χ4v) is 3.50. The number of amides is 1. The molecule has 1 amide bonds. The maximum atomic E-state index is 12.1. The predicted octanol–water partition coefficient (Wildman–Crippen LogP) is 2.06. The number of nitrogens with one attached hydrogen (secondary N) is 1. The van der Waals surface area contributed by atoms with Crippen molar-refractivity contribution in [3.63, 3.8) is 0 Å². The smallest absolute Gasteiger partial charge is 0.337 e. The summed E-state index contributed by atoms with van der Waals surface area (Å²) in [4.78, 5) is 25.7. The number of fused-ring (bicyclic) bond motifs is 1. The summed E-state index contributed by atoms with van der Waals surface area (Å²) in [5.74, 6) is -0.972. The van der Waals surface area contributed by atoms with Crippen molar-refractivity contribution >= 4 is 23.2 Å². The van der Waals surface area contributed by atoms with Gasteiger partial charge in [-0.2, -0.15) is 0 Å². The van der Waals surface area contributed by atoms with E-state index in [1.54, 1.807) is 20.8 Å². The first-order chi connectivity index (χ1) is 10.3. The quantitative estimate of drug-likeness (QED) is 0.831. The lowest BCUT2D eigenvalue weighted by atomic mass is 9.99. The number of carbonyl (C=O) groups is 2. The summed E-state index contributed by atoms with van der Waals surface area (Å²) in [5.41, 5.74) is 0.601. The van der Waals surface area contributed by atoms with Crippen LogP contribution >= 0.6 is 11.3 Å². The van der Waals surface area contributed by atoms with Crippen LogP contribution in [0.3, 0.4) is 0 Å². The Morgan fingerprint density at radius 1 is 1.36 bits per heavy atom. The minimum absolute atomic E-state index is 0.143. The molecule has 1 heterocycles. The first kappa shape index (κ1) is 17.0. The molecule has 1 aromatic rings. The van der Waals surface area contributed by atoms with Gasteiger partial charge >= 0.3 is 5.97 Å². The lowest BCUT2D eigenvalue weighted by molar-refractivity contribution is -0.164. The fourth-order valence-electron chi connectivity index (χ4n) is 2.33. The summed E-state index contributed by atoms with van der Waals surface area (Å²) in [6, 6.07) is 1.92. The van der Waals surface area contributed by atoms with Crippen LogP contribution in [0.15, 0.2) is 6.07 Å². The molecule has 0 saturated carbocycles. The van der Waals surface area contributed by atoms with E-state index in [4.69, 9.17) is 4.74 Å². The molecule has 122 valence electrons. The molecular formula is C16H23NO4S. The molecule has 1 aliphatic rings. The summed E-state index contributed by atoms with van der Waals surface area (Å²) in [6.45, 7) is 5.04. The van der Waals surface area contributed by atoms with Crippen molar-refractivity contribution in [2.24, 2.45) is 0 Å². The number of hydrogen-bond acceptors (Lipinski definition) is 5. The second-order valence-electron chi connectivity index (χ2n) is 6.53. The van der Waals surface area contributed by atoms with E-state index < -0.39 is 17.7 Å². The molecular weight excluding hydrogens is 302 g/mol. The molecule has 0 spiro atoms. The number of hydrogen-bond donors (Lipinski definition) is 2. The molecule has 1 aromatic heterocycles. The molecule has 2 N–H and O–H groups in total. The highest BCUT2D eigenvalue weighted by molar-refractivity contribution is 7.14. The Hall–Kier alpha value is -1.40. The summed E-state index contributed by atoms with van der Waals surface area (Å²) in [7, 11) is 0. The second-order valence-corrected chi connectivity index (χ2v) is 7.66. The van der Waals surface area contributed by atoms with E-state index in [9.17, 15) is 14.7 Å². The van der Waals surface area contributed by atoms with Gasteiger partial charge in [0, 0.05) is 4.88 Å². The summed E-state index contributed by atoms with van der Waals surface area (Å²) in [6.07, 6.45) is 3.06. The normalized spacial score (nSPS) is 15.8. The Morgan fingerprint density at radius 2 is 2.05 bits per heavy atom. The van der Waals surface area contributed by atoms with Gasteiger partial charge in [-0.25, -0.2) is 4.79 Å². The monoisotopic (exact) mass is 325 g/mol. The van der Waals surface area contributed by atoms with Crippen LogP contribution in [0.25, 0.3) is 0 Å². The van der Waals surface area contributed by atoms with Crippen molar-refractivity contribution in [1.29, 1.82) is 0 Å². The van der Waals surface area contributed by atoms with Crippen LogP contribution in [-0.2, 0) is 22.4 Å². The third-order valence-electron chi connectivity index (χ3n) is 3.36. The minimum atomic E-state index is -1.35. The van der Waals surface area contributed by atoms with Crippen molar-refractivity contribution < 1.29 is 19.4 Å². The van der Waals surface area contributed by atoms with E-state index >= 15 is 0 Å². The largest absolute Gasteiger partial charge is 0.458 e. The second kappa shape index (κ2) is 6.79. The van der Waals surface area contributed by atoms with E-state index in [1.807, 2.05) is 6.07 Å². The van der Waals surface area contributed by atoms with Crippen molar-refractivity contribution in [2.75, 3.05) is 6.54 Å². The number of rotatable bonds is 4. The summed E-state index contributed by atoms with van der Waals surface area (Å²) in [5, 5.41) is 12.3. The Labute approximate surface area is 134 Å². The summed E-state index contributed by atoms with van der Waals surface area (Å²) >= 11 is 1.50. The molecule has 0 fully saturated rings. The zero-order valence-electron chi connectivity index (χ0n) is 13.3. The van der Waals surface area contributed by atoms with E-state index in [0.29, 0.717) is 4.88 Å². The number of thiophene rings is 1. The van der Waals surface area contributed by atoms with Crippen LogP contribution in [0.2, 0.25) is 0 Å². The number of aliphatic hydroxyl groups is 1. The van der Waals surface area contributed by atoms with E-state index in [-0.39, 0.29) is 12.5 Å². The molecule has 6 heteroatoms. The van der Waals surface area contributed by atoms with Crippen molar-refractivity contribution in [2.45, 2.75) is 58.2 Å². The van der Waals surface area contributed by atoms with E-state index in [0.717, 1.165) is 12.8 Å². The first-order valence-corrected chi connectivity index (χ1v) is 8.38. The van der Waals surface area contributed by atoms with Crippen molar-refractivity contribution in [3.05, 3.63) is 21.4 Å². The molecule has 0 bridgehead atoms. The molecule has 0 radical (unpaired) electrons. The number of carbonyl (C=O) groups excluding carboxylic acids is 2. The van der Waals surface area contributed by atoms with Gasteiger partial charge < -0.3 is 15.2 Å². The highest BCUT2D eigenvalue weighted by Gasteiger charge is 2.24. The minimum Gasteiger partial charge on any atom is -0.458 e. The maximum absolute atomic E-state index is 12.1. The maximum Gasteiger partial charge on any atom is 0.337 e. The van der Waals surface area contributed by atoms with Crippen LogP contribution < -0.4 is 5.32 Å². The zero-order chi connectivity index (χ0) is 16.3. The Bertz CT molecular complexity index is 535. The highest BCUT2D eigenvalue weighted by Crippen LogP contribution is 2.29. The number of aliphatic hydroxyl groups excluding tert-OH is 1. The average molecular weight is 325 g/mol. The van der Waals surface area contributed by atoms with Crippen LogP contribution in [0, 0.1) is 0 Å². The van der Waals surface area contributed by atoms with Gasteiger partial charge in [-0.3, -0.25) is 4.79 Å². The van der Waals surface area contributed by atoms with Crippen molar-refractivity contribution in [3.8, 4) is 0 Å². The van der Waals surface area contributed by atoms with E-state index in [1.165, 1.54) is 34.6 Å². The van der Waals surface area contributed by atoms with Crippen LogP contribution in [-0.4, -0.2) is 35.2 Å². The molecule has 5 nitrogen and oxygen atoms in total. The van der Waals surface area contributed by atoms with Gasteiger partial charge in [0.2, 0.25) is 0 Å². The van der Waals surface area contributed by atoms with Gasteiger partial charge in [0.15, 0.2) is 6.10 Å². The molecule has 1 atom stereocenters. The lowest BCUT2D eigenvalue weighted by Gasteiger charge is -2.21. The number of esters is 1. The Morgan fingerprint density at radius 3 is 2.68 bits per heavy atom. The van der Waals surface area contributed by atoms with Crippen LogP contribution in [0.1, 0.15) is 53.7 Å². The zero-order valence-corrected chi connectivity index (χ0v) is 14.1. The number of aryl methyl sites for hydroxylation is 2. The molecule has 22 heavy (non-hydrogen) atoms. The van der Waals surface area contributed by atoms with E-state index in [2.05, 4.69) is 5.32 Å². The number of ether oxygens (including phenoxy) is 1. The molecule has 1 aliphatic carbocycles. The Balaban J connectivity index is 1.87. The third kappa shape index (κ3) is 4.55. The molecule has 2 rings (SSSR count). The first-order valence-electron chi connectivity index (χ1n) is 7.57. The molecule has 0 saturated heterocycles. The van der Waals surface area contributed by atoms with Gasteiger partial charge in [0.25, 0.3) is 5.91 Å². The van der Waals surface area contributed by atoms with Gasteiger partial charge in [-0.05, 0) is 58.1 Å². The van der Waals surface area contributed by atoms with Gasteiger partial charge in [-0.15, -0.1) is 11.3 Å². The average Bonchev–Trinajstić information content (AvgIpc) is 2.86. The van der Waals surface area contributed by atoms with Crippen LogP contribution in [0.5, 0.6) is 0 Å². The lowest BCUT2D eigenvalue weighted by Crippen LogP contribution is -2.40. The fraction of sp³-hybridized carbons (Fsp3) is 0.625. The SMILES string of the molecule is CC(C)(C)OC(=O)C(O)CNC(=O)c1cc2c(s1)CCCC2. The predicted molar refractivity (Wildman–Crippen MR) is 85.1 cm³/mol. The van der Waals surface area contributed by atoms with Gasteiger partial charge in [0.1, 0.15) is 5.60 Å². The Kier molecular flexibility index (Phi) is 5.24. The van der Waals surface area contributed by atoms with Gasteiger partial charge in [-0.1, -0.05) is 0 Å². The molecule has 1 unspecified atom stereocenters. The third-order valence-corrected chi connectivity index (χ3v) is 4.59.